The van der Waals surface area contributed by atoms with E-state index in [0.717, 1.165) is 90.1 Å². The second-order valence-corrected chi connectivity index (χ2v) is 14.6. The number of thioether (sulfide) groups is 1. The first-order chi connectivity index (χ1) is 23.3. The minimum Gasteiger partial charge on any atom is -0.461 e. The molecule has 0 N–H and O–H groups in total. The van der Waals surface area contributed by atoms with Crippen molar-refractivity contribution in [1.29, 1.82) is 0 Å². The highest BCUT2D eigenvalue weighted by atomic mass is 32.2. The molecule has 0 spiro atoms. The van der Waals surface area contributed by atoms with Crippen molar-refractivity contribution in [1.82, 2.24) is 9.80 Å². The van der Waals surface area contributed by atoms with E-state index in [0.29, 0.717) is 37.2 Å². The lowest BCUT2D eigenvalue weighted by Crippen LogP contribution is -2.35. The van der Waals surface area contributed by atoms with E-state index in [1.807, 2.05) is 26.2 Å². The Kier molecular flexibility index (Phi) is 33.7. The molecule has 280 valence electrons. The van der Waals surface area contributed by atoms with E-state index in [1.165, 1.54) is 51.4 Å². The van der Waals surface area contributed by atoms with Crippen LogP contribution >= 0.6 is 11.8 Å². The summed E-state index contributed by atoms with van der Waals surface area (Å²) in [7, 11) is 4.08. The molecule has 8 heteroatoms. The van der Waals surface area contributed by atoms with Gasteiger partial charge in [0, 0.05) is 25.9 Å². The van der Waals surface area contributed by atoms with E-state index in [4.69, 9.17) is 9.47 Å². The first kappa shape index (κ1) is 46.2. The standard InChI is InChI=1S/C40H74N2O5S/c1-6-8-10-12-14-22-28-34-46-39(44)30-24-18-16-20-26-32-42(38(43)36-48-37(3)41(4)5)33-27-21-17-19-25-31-40(45)47-35-29-23-15-13-11-9-7-2/h22-23,28-29,37H,6-21,24-27,30-36H2,1-5H3/b28-22-,29-23-. The van der Waals surface area contributed by atoms with Gasteiger partial charge >= 0.3 is 11.9 Å². The smallest absolute Gasteiger partial charge is 0.306 e. The Morgan fingerprint density at radius 3 is 1.44 bits per heavy atom. The second-order valence-electron chi connectivity index (χ2n) is 13.3. The molecular weight excluding hydrogens is 621 g/mol. The van der Waals surface area contributed by atoms with Crippen LogP contribution in [0.5, 0.6) is 0 Å². The molecule has 0 aromatic rings. The minimum absolute atomic E-state index is 0.108. The number of amides is 1. The van der Waals surface area contributed by atoms with Gasteiger partial charge in [-0.3, -0.25) is 19.3 Å². The van der Waals surface area contributed by atoms with Gasteiger partial charge in [0.25, 0.3) is 0 Å². The maximum absolute atomic E-state index is 13.1. The lowest BCUT2D eigenvalue weighted by Gasteiger charge is -2.25. The van der Waals surface area contributed by atoms with Crippen molar-refractivity contribution < 1.29 is 23.9 Å². The van der Waals surface area contributed by atoms with Gasteiger partial charge in [0.15, 0.2) is 0 Å². The Morgan fingerprint density at radius 2 is 1.00 bits per heavy atom. The van der Waals surface area contributed by atoms with Gasteiger partial charge in [0.2, 0.25) is 5.91 Å². The minimum atomic E-state index is -0.108. The zero-order valence-corrected chi connectivity index (χ0v) is 32.6. The second kappa shape index (κ2) is 35.0. The van der Waals surface area contributed by atoms with Crippen LogP contribution in [-0.4, -0.2) is 79.2 Å². The number of hydrogen-bond acceptors (Lipinski definition) is 7. The molecule has 0 fully saturated rings. The third-order valence-corrected chi connectivity index (χ3v) is 9.93. The summed E-state index contributed by atoms with van der Waals surface area (Å²) in [6.07, 6.45) is 31.2. The molecule has 0 aliphatic rings. The first-order valence-corrected chi connectivity index (χ1v) is 20.5. The predicted octanol–water partition coefficient (Wildman–Crippen LogP) is 10.3. The summed E-state index contributed by atoms with van der Waals surface area (Å²) in [4.78, 5) is 41.3. The Balaban J connectivity index is 4.16. The van der Waals surface area contributed by atoms with Gasteiger partial charge in [-0.05, 0) is 72.4 Å². The number of esters is 2. The number of unbranched alkanes of at least 4 members (excludes halogenated alkanes) is 16. The normalized spacial score (nSPS) is 12.3. The molecule has 0 saturated carbocycles. The van der Waals surface area contributed by atoms with Gasteiger partial charge in [0.05, 0.1) is 11.1 Å². The van der Waals surface area contributed by atoms with Gasteiger partial charge in [-0.15, -0.1) is 11.8 Å². The Hall–Kier alpha value is -1.80. The van der Waals surface area contributed by atoms with E-state index < -0.39 is 0 Å². The summed E-state index contributed by atoms with van der Waals surface area (Å²) >= 11 is 1.69. The summed E-state index contributed by atoms with van der Waals surface area (Å²) in [5.74, 6) is 0.515. The fourth-order valence-electron chi connectivity index (χ4n) is 5.17. The van der Waals surface area contributed by atoms with Crippen LogP contribution in [0.15, 0.2) is 24.3 Å². The van der Waals surface area contributed by atoms with Crippen molar-refractivity contribution in [2.24, 2.45) is 0 Å². The molecule has 0 aromatic heterocycles. The molecule has 1 unspecified atom stereocenters. The number of carbonyl (C=O) groups is 3. The average molecular weight is 695 g/mol. The molecule has 0 rings (SSSR count). The fourth-order valence-corrected chi connectivity index (χ4v) is 6.04. The summed E-state index contributed by atoms with van der Waals surface area (Å²) in [6.45, 7) is 8.91. The number of carbonyl (C=O) groups excluding carboxylic acids is 3. The number of nitrogens with zero attached hydrogens (tertiary/aromatic N) is 2. The quantitative estimate of drug-likeness (QED) is 0.0287. The third kappa shape index (κ3) is 31.5. The largest absolute Gasteiger partial charge is 0.461 e. The zero-order chi connectivity index (χ0) is 35.5. The van der Waals surface area contributed by atoms with Gasteiger partial charge in [0.1, 0.15) is 13.2 Å². The molecule has 0 bridgehead atoms. The van der Waals surface area contributed by atoms with Crippen LogP contribution in [0.4, 0.5) is 0 Å². The van der Waals surface area contributed by atoms with E-state index in [1.54, 1.807) is 11.8 Å². The topological polar surface area (TPSA) is 76.1 Å². The summed E-state index contributed by atoms with van der Waals surface area (Å²) < 4.78 is 10.6. The van der Waals surface area contributed by atoms with Crippen LogP contribution in [0.2, 0.25) is 0 Å². The van der Waals surface area contributed by atoms with Crippen LogP contribution in [0.3, 0.4) is 0 Å². The van der Waals surface area contributed by atoms with Crippen molar-refractivity contribution in [3.63, 3.8) is 0 Å². The van der Waals surface area contributed by atoms with Gasteiger partial charge < -0.3 is 14.4 Å². The lowest BCUT2D eigenvalue weighted by molar-refractivity contribution is -0.143. The van der Waals surface area contributed by atoms with Crippen LogP contribution in [0.25, 0.3) is 0 Å². The number of allylic oxidation sites excluding steroid dienone is 2. The molecule has 0 aliphatic carbocycles. The monoisotopic (exact) mass is 695 g/mol. The summed E-state index contributed by atoms with van der Waals surface area (Å²) in [5, 5.41) is 0.298. The molecule has 0 saturated heterocycles. The van der Waals surface area contributed by atoms with Crippen LogP contribution in [0.1, 0.15) is 162 Å². The summed E-state index contributed by atoms with van der Waals surface area (Å²) in [5.41, 5.74) is 0. The molecule has 0 aliphatic heterocycles. The van der Waals surface area contributed by atoms with Gasteiger partial charge in [-0.2, -0.15) is 0 Å². The predicted molar refractivity (Wildman–Crippen MR) is 205 cm³/mol. The highest BCUT2D eigenvalue weighted by molar-refractivity contribution is 8.00. The molecular formula is C40H74N2O5S. The van der Waals surface area contributed by atoms with Crippen LogP contribution in [0, 0.1) is 0 Å². The molecule has 7 nitrogen and oxygen atoms in total. The molecule has 0 aromatic carbocycles. The number of ether oxygens (including phenoxy) is 2. The molecule has 1 atom stereocenters. The highest BCUT2D eigenvalue weighted by Gasteiger charge is 2.15. The third-order valence-electron chi connectivity index (χ3n) is 8.61. The maximum atomic E-state index is 13.1. The van der Waals surface area contributed by atoms with Crippen molar-refractivity contribution in [3.05, 3.63) is 24.3 Å². The lowest BCUT2D eigenvalue weighted by atomic mass is 10.1. The fraction of sp³-hybridized carbons (Fsp3) is 0.825. The molecule has 1 amide bonds. The Labute approximate surface area is 300 Å². The van der Waals surface area contributed by atoms with Crippen molar-refractivity contribution in [3.8, 4) is 0 Å². The zero-order valence-electron chi connectivity index (χ0n) is 31.8. The van der Waals surface area contributed by atoms with Crippen molar-refractivity contribution in [2.75, 3.05) is 46.2 Å². The SMILES string of the molecule is CCCCCC/C=C\COC(=O)CCCCCCCN(CCCCCCCC(=O)OC/C=C\CCCCCC)C(=O)CSC(C)N(C)C. The molecule has 0 heterocycles. The maximum Gasteiger partial charge on any atom is 0.306 e. The van der Waals surface area contributed by atoms with E-state index in [9.17, 15) is 14.4 Å². The number of hydrogen-bond donors (Lipinski definition) is 0. The van der Waals surface area contributed by atoms with Crippen molar-refractivity contribution in [2.45, 2.75) is 167 Å². The van der Waals surface area contributed by atoms with Crippen molar-refractivity contribution >= 4 is 29.6 Å². The number of rotatable bonds is 34. The Bertz CT molecular complexity index is 780. The van der Waals surface area contributed by atoms with E-state index in [-0.39, 0.29) is 17.8 Å². The first-order valence-electron chi connectivity index (χ1n) is 19.5. The Morgan fingerprint density at radius 1 is 0.583 bits per heavy atom. The van der Waals surface area contributed by atoms with Gasteiger partial charge in [-0.1, -0.05) is 115 Å². The van der Waals surface area contributed by atoms with Crippen LogP contribution < -0.4 is 0 Å². The average Bonchev–Trinajstić information content (AvgIpc) is 3.07. The van der Waals surface area contributed by atoms with Crippen LogP contribution in [-0.2, 0) is 23.9 Å². The van der Waals surface area contributed by atoms with E-state index in [2.05, 4.69) is 42.7 Å². The van der Waals surface area contributed by atoms with Gasteiger partial charge in [-0.25, -0.2) is 0 Å². The highest BCUT2D eigenvalue weighted by Crippen LogP contribution is 2.15. The molecule has 48 heavy (non-hydrogen) atoms. The summed E-state index contributed by atoms with van der Waals surface area (Å²) in [6, 6.07) is 0. The van der Waals surface area contributed by atoms with E-state index >= 15 is 0 Å². The molecule has 0 radical (unpaired) electrons.